The Bertz CT molecular complexity index is 397. The van der Waals surface area contributed by atoms with Gasteiger partial charge in [0.2, 0.25) is 0 Å². The molecule has 4 nitrogen and oxygen atoms in total. The van der Waals surface area contributed by atoms with Gasteiger partial charge in [0.1, 0.15) is 5.69 Å². The lowest BCUT2D eigenvalue weighted by Gasteiger charge is -2.20. The molecule has 1 aliphatic heterocycles. The number of hydrogen-bond acceptors (Lipinski definition) is 3. The molecular weight excluding hydrogens is 202 g/mol. The highest BCUT2D eigenvalue weighted by Crippen LogP contribution is 2.30. The van der Waals surface area contributed by atoms with E-state index in [-0.39, 0.29) is 5.78 Å². The number of carbonyl (C=O) groups is 1. The Hall–Kier alpha value is -1.16. The Labute approximate surface area is 96.2 Å². The first-order chi connectivity index (χ1) is 7.63. The fourth-order valence-corrected chi connectivity index (χ4v) is 2.52. The number of aromatic nitrogens is 2. The van der Waals surface area contributed by atoms with Crippen LogP contribution in [-0.2, 0) is 7.05 Å². The highest BCUT2D eigenvalue weighted by molar-refractivity contribution is 5.92. The lowest BCUT2D eigenvalue weighted by atomic mass is 10.1. The van der Waals surface area contributed by atoms with E-state index in [1.807, 2.05) is 13.1 Å². The van der Waals surface area contributed by atoms with Crippen LogP contribution < -0.4 is 0 Å². The molecule has 88 valence electrons. The van der Waals surface area contributed by atoms with Gasteiger partial charge in [-0.3, -0.25) is 14.4 Å². The standard InChI is InChI=1S/C12H19N3O/c1-4-15-7-5-6-11(15)10-8-12(9(2)16)14(3)13-10/h8,11H,4-7H2,1-3H3. The zero-order valence-electron chi connectivity index (χ0n) is 10.2. The first kappa shape index (κ1) is 11.3. The molecule has 0 radical (unpaired) electrons. The third-order valence-corrected chi connectivity index (χ3v) is 3.37. The average molecular weight is 221 g/mol. The Kier molecular flexibility index (Phi) is 3.10. The van der Waals surface area contributed by atoms with Crippen molar-refractivity contribution in [2.75, 3.05) is 13.1 Å². The molecule has 16 heavy (non-hydrogen) atoms. The molecule has 1 unspecified atom stereocenters. The highest BCUT2D eigenvalue weighted by Gasteiger charge is 2.27. The maximum absolute atomic E-state index is 11.4. The molecule has 1 aromatic heterocycles. The highest BCUT2D eigenvalue weighted by atomic mass is 16.1. The Balaban J connectivity index is 2.27. The molecule has 4 heteroatoms. The molecule has 1 fully saturated rings. The van der Waals surface area contributed by atoms with Crippen LogP contribution in [0.4, 0.5) is 0 Å². The van der Waals surface area contributed by atoms with Crippen LogP contribution in [0.3, 0.4) is 0 Å². The van der Waals surface area contributed by atoms with E-state index in [1.54, 1.807) is 11.6 Å². The number of nitrogens with zero attached hydrogens (tertiary/aromatic N) is 3. The van der Waals surface area contributed by atoms with Crippen LogP contribution in [-0.4, -0.2) is 33.6 Å². The third-order valence-electron chi connectivity index (χ3n) is 3.37. The molecule has 0 aromatic carbocycles. The summed E-state index contributed by atoms with van der Waals surface area (Å²) in [5.41, 5.74) is 1.75. The van der Waals surface area contributed by atoms with Crippen LogP contribution in [0.15, 0.2) is 6.07 Å². The third kappa shape index (κ3) is 1.89. The van der Waals surface area contributed by atoms with Crippen LogP contribution >= 0.6 is 0 Å². The molecule has 1 atom stereocenters. The summed E-state index contributed by atoms with van der Waals surface area (Å²) in [7, 11) is 1.84. The largest absolute Gasteiger partial charge is 0.295 e. The van der Waals surface area contributed by atoms with Crippen molar-refractivity contribution in [2.24, 2.45) is 7.05 Å². The number of hydrogen-bond donors (Lipinski definition) is 0. The van der Waals surface area contributed by atoms with Gasteiger partial charge in [-0.2, -0.15) is 5.10 Å². The summed E-state index contributed by atoms with van der Waals surface area (Å²) in [6.07, 6.45) is 2.38. The van der Waals surface area contributed by atoms with E-state index in [9.17, 15) is 4.79 Å². The molecule has 0 saturated carbocycles. The molecule has 1 aliphatic rings. The molecule has 0 spiro atoms. The fraction of sp³-hybridized carbons (Fsp3) is 0.667. The molecule has 0 amide bonds. The first-order valence-corrected chi connectivity index (χ1v) is 5.92. The van der Waals surface area contributed by atoms with E-state index in [0.29, 0.717) is 11.7 Å². The van der Waals surface area contributed by atoms with Gasteiger partial charge in [0.15, 0.2) is 5.78 Å². The van der Waals surface area contributed by atoms with Crippen molar-refractivity contribution in [1.29, 1.82) is 0 Å². The number of ketones is 1. The smallest absolute Gasteiger partial charge is 0.177 e. The van der Waals surface area contributed by atoms with E-state index in [2.05, 4.69) is 16.9 Å². The summed E-state index contributed by atoms with van der Waals surface area (Å²) in [4.78, 5) is 13.8. The van der Waals surface area contributed by atoms with Gasteiger partial charge in [0.25, 0.3) is 0 Å². The van der Waals surface area contributed by atoms with Gasteiger partial charge < -0.3 is 0 Å². The molecule has 2 rings (SSSR count). The average Bonchev–Trinajstić information content (AvgIpc) is 2.82. The minimum atomic E-state index is 0.0855. The molecule has 0 aliphatic carbocycles. The molecule has 0 N–H and O–H groups in total. The van der Waals surface area contributed by atoms with Gasteiger partial charge in [0, 0.05) is 14.0 Å². The van der Waals surface area contributed by atoms with Gasteiger partial charge in [-0.15, -0.1) is 0 Å². The number of Topliss-reactive ketones (excluding diaryl/α,β-unsaturated/α-hetero) is 1. The van der Waals surface area contributed by atoms with Crippen LogP contribution in [0, 0.1) is 0 Å². The number of carbonyl (C=O) groups excluding carboxylic acids is 1. The van der Waals surface area contributed by atoms with E-state index in [1.165, 1.54) is 6.42 Å². The SMILES string of the molecule is CCN1CCCC1c1cc(C(C)=O)n(C)n1. The second kappa shape index (κ2) is 4.37. The molecule has 0 bridgehead atoms. The van der Waals surface area contributed by atoms with Crippen LogP contribution in [0.5, 0.6) is 0 Å². The van der Waals surface area contributed by atoms with Gasteiger partial charge in [-0.05, 0) is 32.0 Å². The monoisotopic (exact) mass is 221 g/mol. The summed E-state index contributed by atoms with van der Waals surface area (Å²) in [5, 5.41) is 4.47. The van der Waals surface area contributed by atoms with Crippen molar-refractivity contribution in [3.8, 4) is 0 Å². The number of aryl methyl sites for hydroxylation is 1. The summed E-state index contributed by atoms with van der Waals surface area (Å²) < 4.78 is 1.70. The van der Waals surface area contributed by atoms with Crippen molar-refractivity contribution < 1.29 is 4.79 Å². The van der Waals surface area contributed by atoms with Gasteiger partial charge in [-0.25, -0.2) is 0 Å². The van der Waals surface area contributed by atoms with Crippen molar-refractivity contribution in [2.45, 2.75) is 32.7 Å². The van der Waals surface area contributed by atoms with Crippen molar-refractivity contribution >= 4 is 5.78 Å². The normalized spacial score (nSPS) is 21.6. The zero-order chi connectivity index (χ0) is 11.7. The summed E-state index contributed by atoms with van der Waals surface area (Å²) in [5.74, 6) is 0.0855. The van der Waals surface area contributed by atoms with Crippen LogP contribution in [0.2, 0.25) is 0 Å². The van der Waals surface area contributed by atoms with E-state index >= 15 is 0 Å². The second-order valence-corrected chi connectivity index (χ2v) is 4.42. The quantitative estimate of drug-likeness (QED) is 0.730. The molecular formula is C12H19N3O. The van der Waals surface area contributed by atoms with E-state index in [4.69, 9.17) is 0 Å². The second-order valence-electron chi connectivity index (χ2n) is 4.42. The van der Waals surface area contributed by atoms with Crippen LogP contribution in [0.1, 0.15) is 48.9 Å². The summed E-state index contributed by atoms with van der Waals surface area (Å²) in [6.45, 7) is 5.96. The summed E-state index contributed by atoms with van der Waals surface area (Å²) >= 11 is 0. The Morgan fingerprint density at radius 3 is 2.94 bits per heavy atom. The van der Waals surface area contributed by atoms with Gasteiger partial charge in [0.05, 0.1) is 11.7 Å². The zero-order valence-corrected chi connectivity index (χ0v) is 10.2. The van der Waals surface area contributed by atoms with Crippen molar-refractivity contribution in [3.05, 3.63) is 17.5 Å². The maximum atomic E-state index is 11.4. The molecule has 2 heterocycles. The summed E-state index contributed by atoms with van der Waals surface area (Å²) in [6, 6.07) is 2.35. The van der Waals surface area contributed by atoms with Crippen molar-refractivity contribution in [1.82, 2.24) is 14.7 Å². The van der Waals surface area contributed by atoms with Gasteiger partial charge in [-0.1, -0.05) is 6.92 Å². The predicted octanol–water partition coefficient (Wildman–Crippen LogP) is 1.78. The fourth-order valence-electron chi connectivity index (χ4n) is 2.52. The Morgan fingerprint density at radius 1 is 1.62 bits per heavy atom. The lowest BCUT2D eigenvalue weighted by molar-refractivity contribution is 0.100. The lowest BCUT2D eigenvalue weighted by Crippen LogP contribution is -2.23. The number of rotatable bonds is 3. The van der Waals surface area contributed by atoms with Crippen LogP contribution in [0.25, 0.3) is 0 Å². The van der Waals surface area contributed by atoms with Crippen molar-refractivity contribution in [3.63, 3.8) is 0 Å². The first-order valence-electron chi connectivity index (χ1n) is 5.92. The van der Waals surface area contributed by atoms with Gasteiger partial charge >= 0.3 is 0 Å². The van der Waals surface area contributed by atoms with E-state index in [0.717, 1.165) is 25.2 Å². The molecule has 1 aromatic rings. The minimum absolute atomic E-state index is 0.0855. The van der Waals surface area contributed by atoms with E-state index < -0.39 is 0 Å². The Morgan fingerprint density at radius 2 is 2.38 bits per heavy atom. The topological polar surface area (TPSA) is 38.1 Å². The minimum Gasteiger partial charge on any atom is -0.295 e. The predicted molar refractivity (Wildman–Crippen MR) is 62.4 cm³/mol. The maximum Gasteiger partial charge on any atom is 0.177 e. The molecule has 1 saturated heterocycles. The number of likely N-dealkylation sites (tertiary alicyclic amines) is 1.